The topological polar surface area (TPSA) is 61.4 Å². The average Bonchev–Trinajstić information content (AvgIpc) is 2.34. The fourth-order valence-electron chi connectivity index (χ4n) is 1.48. The second-order valence-corrected chi connectivity index (χ2v) is 4.64. The Balaban J connectivity index is 2.15. The number of hydrogen-bond acceptors (Lipinski definition) is 4. The molecule has 0 saturated carbocycles. The van der Waals surface area contributed by atoms with Crippen molar-refractivity contribution in [2.75, 3.05) is 44.7 Å². The van der Waals surface area contributed by atoms with E-state index in [1.807, 2.05) is 6.26 Å². The van der Waals surface area contributed by atoms with Gasteiger partial charge in [0, 0.05) is 38.4 Å². The van der Waals surface area contributed by atoms with Crippen molar-refractivity contribution >= 4 is 23.6 Å². The molecule has 0 aromatic carbocycles. The third kappa shape index (κ3) is 4.85. The zero-order valence-corrected chi connectivity index (χ0v) is 10.4. The van der Waals surface area contributed by atoms with Gasteiger partial charge in [-0.25, -0.2) is 0 Å². The molecule has 1 heterocycles. The second-order valence-electron chi connectivity index (χ2n) is 3.65. The molecule has 1 fully saturated rings. The maximum absolute atomic E-state index is 11.7. The molecule has 0 bridgehead atoms. The number of nitrogens with one attached hydrogen (secondary N) is 2. The van der Waals surface area contributed by atoms with Crippen LogP contribution in [0.1, 0.15) is 6.42 Å². The SMILES string of the molecule is CSCCC(=O)NCC(=O)N1CCNCC1. The number of amides is 2. The number of piperazine rings is 1. The summed E-state index contributed by atoms with van der Waals surface area (Å²) in [6.45, 7) is 3.28. The Bertz CT molecular complexity index is 242. The number of rotatable bonds is 5. The van der Waals surface area contributed by atoms with Gasteiger partial charge in [0.05, 0.1) is 6.54 Å². The van der Waals surface area contributed by atoms with Gasteiger partial charge in [0.25, 0.3) is 0 Å². The molecule has 2 amide bonds. The van der Waals surface area contributed by atoms with Crippen molar-refractivity contribution in [2.45, 2.75) is 6.42 Å². The van der Waals surface area contributed by atoms with E-state index in [9.17, 15) is 9.59 Å². The van der Waals surface area contributed by atoms with Crippen LogP contribution in [0.25, 0.3) is 0 Å². The summed E-state index contributed by atoms with van der Waals surface area (Å²) >= 11 is 1.63. The average molecular weight is 245 g/mol. The molecule has 92 valence electrons. The van der Waals surface area contributed by atoms with Gasteiger partial charge in [-0.15, -0.1) is 0 Å². The number of carbonyl (C=O) groups is 2. The Labute approximate surface area is 100 Å². The van der Waals surface area contributed by atoms with Crippen molar-refractivity contribution in [1.82, 2.24) is 15.5 Å². The number of thioether (sulfide) groups is 1. The largest absolute Gasteiger partial charge is 0.347 e. The Hall–Kier alpha value is -0.750. The van der Waals surface area contributed by atoms with Gasteiger partial charge in [0.1, 0.15) is 0 Å². The van der Waals surface area contributed by atoms with E-state index in [0.29, 0.717) is 6.42 Å². The Morgan fingerprint density at radius 3 is 2.69 bits per heavy atom. The molecule has 0 unspecified atom stereocenters. The molecular weight excluding hydrogens is 226 g/mol. The maximum atomic E-state index is 11.7. The highest BCUT2D eigenvalue weighted by Crippen LogP contribution is 1.95. The summed E-state index contributed by atoms with van der Waals surface area (Å²) < 4.78 is 0. The molecule has 0 atom stereocenters. The minimum Gasteiger partial charge on any atom is -0.347 e. The summed E-state index contributed by atoms with van der Waals surface area (Å²) in [5, 5.41) is 5.83. The predicted molar refractivity (Wildman–Crippen MR) is 65.5 cm³/mol. The van der Waals surface area contributed by atoms with Crippen molar-refractivity contribution in [1.29, 1.82) is 0 Å². The molecule has 2 N–H and O–H groups in total. The van der Waals surface area contributed by atoms with E-state index in [1.165, 1.54) is 0 Å². The lowest BCUT2D eigenvalue weighted by atomic mass is 10.3. The van der Waals surface area contributed by atoms with E-state index in [1.54, 1.807) is 16.7 Å². The lowest BCUT2D eigenvalue weighted by Crippen LogP contribution is -2.49. The molecule has 6 heteroatoms. The maximum Gasteiger partial charge on any atom is 0.242 e. The standard InChI is InChI=1S/C10H19N3O2S/c1-16-7-2-9(14)12-8-10(15)13-5-3-11-4-6-13/h11H,2-8H2,1H3,(H,12,14). The molecule has 0 radical (unpaired) electrons. The molecule has 16 heavy (non-hydrogen) atoms. The highest BCUT2D eigenvalue weighted by molar-refractivity contribution is 7.98. The molecule has 0 aromatic heterocycles. The highest BCUT2D eigenvalue weighted by atomic mass is 32.2. The van der Waals surface area contributed by atoms with Gasteiger partial charge in [0.15, 0.2) is 0 Å². The minimum atomic E-state index is -0.0437. The van der Waals surface area contributed by atoms with Crippen molar-refractivity contribution in [2.24, 2.45) is 0 Å². The summed E-state index contributed by atoms with van der Waals surface area (Å²) in [5.41, 5.74) is 0. The van der Waals surface area contributed by atoms with Gasteiger partial charge in [-0.05, 0) is 6.26 Å². The first-order valence-corrected chi connectivity index (χ1v) is 6.87. The number of hydrogen-bond donors (Lipinski definition) is 2. The van der Waals surface area contributed by atoms with Gasteiger partial charge < -0.3 is 15.5 Å². The van der Waals surface area contributed by atoms with Crippen molar-refractivity contribution in [3.8, 4) is 0 Å². The Morgan fingerprint density at radius 1 is 1.38 bits per heavy atom. The summed E-state index contributed by atoms with van der Waals surface area (Å²) in [4.78, 5) is 24.7. The summed E-state index contributed by atoms with van der Waals surface area (Å²) in [7, 11) is 0. The van der Waals surface area contributed by atoms with E-state index >= 15 is 0 Å². The minimum absolute atomic E-state index is 0.0130. The van der Waals surface area contributed by atoms with Gasteiger partial charge >= 0.3 is 0 Å². The summed E-state index contributed by atoms with van der Waals surface area (Å²) in [6.07, 6.45) is 2.44. The number of nitrogens with zero attached hydrogens (tertiary/aromatic N) is 1. The quantitative estimate of drug-likeness (QED) is 0.671. The zero-order chi connectivity index (χ0) is 11.8. The van der Waals surface area contributed by atoms with Crippen LogP contribution in [-0.4, -0.2) is 61.4 Å². The van der Waals surface area contributed by atoms with Crippen LogP contribution in [0.4, 0.5) is 0 Å². The van der Waals surface area contributed by atoms with Crippen LogP contribution in [0.15, 0.2) is 0 Å². The van der Waals surface area contributed by atoms with E-state index in [2.05, 4.69) is 10.6 Å². The lowest BCUT2D eigenvalue weighted by Gasteiger charge is -2.27. The van der Waals surface area contributed by atoms with Crippen LogP contribution in [0.3, 0.4) is 0 Å². The van der Waals surface area contributed by atoms with Crippen molar-refractivity contribution in [3.05, 3.63) is 0 Å². The van der Waals surface area contributed by atoms with E-state index < -0.39 is 0 Å². The zero-order valence-electron chi connectivity index (χ0n) is 9.62. The van der Waals surface area contributed by atoms with Crippen LogP contribution in [0.2, 0.25) is 0 Å². The van der Waals surface area contributed by atoms with Crippen LogP contribution >= 0.6 is 11.8 Å². The first kappa shape index (κ1) is 13.3. The molecule has 1 rings (SSSR count). The van der Waals surface area contributed by atoms with Crippen molar-refractivity contribution in [3.63, 3.8) is 0 Å². The van der Waals surface area contributed by atoms with E-state index in [4.69, 9.17) is 0 Å². The highest BCUT2D eigenvalue weighted by Gasteiger charge is 2.16. The second kappa shape index (κ2) is 7.51. The Morgan fingerprint density at radius 2 is 2.06 bits per heavy atom. The molecule has 1 saturated heterocycles. The summed E-state index contributed by atoms with van der Waals surface area (Å²) in [5.74, 6) is 0.769. The molecule has 5 nitrogen and oxygen atoms in total. The Kier molecular flexibility index (Phi) is 6.25. The van der Waals surface area contributed by atoms with Gasteiger partial charge in [0.2, 0.25) is 11.8 Å². The molecule has 0 spiro atoms. The molecule has 0 aromatic rings. The van der Waals surface area contributed by atoms with Crippen molar-refractivity contribution < 1.29 is 9.59 Å². The number of carbonyl (C=O) groups excluding carboxylic acids is 2. The van der Waals surface area contributed by atoms with E-state index in [0.717, 1.165) is 31.9 Å². The molecular formula is C10H19N3O2S. The molecule has 1 aliphatic rings. The first-order chi connectivity index (χ1) is 7.74. The lowest BCUT2D eigenvalue weighted by molar-refractivity contribution is -0.133. The molecule has 0 aliphatic carbocycles. The molecule has 1 aliphatic heterocycles. The predicted octanol–water partition coefficient (Wildman–Crippen LogP) is -0.712. The third-order valence-electron chi connectivity index (χ3n) is 2.44. The van der Waals surface area contributed by atoms with Crippen LogP contribution in [0, 0.1) is 0 Å². The summed E-state index contributed by atoms with van der Waals surface area (Å²) in [6, 6.07) is 0. The normalized spacial score (nSPS) is 15.9. The monoisotopic (exact) mass is 245 g/mol. The van der Waals surface area contributed by atoms with E-state index in [-0.39, 0.29) is 18.4 Å². The van der Waals surface area contributed by atoms with Crippen LogP contribution in [0.5, 0.6) is 0 Å². The first-order valence-electron chi connectivity index (χ1n) is 5.48. The van der Waals surface area contributed by atoms with Gasteiger partial charge in [-0.2, -0.15) is 11.8 Å². The third-order valence-corrected chi connectivity index (χ3v) is 3.05. The van der Waals surface area contributed by atoms with Crippen LogP contribution in [-0.2, 0) is 9.59 Å². The fraction of sp³-hybridized carbons (Fsp3) is 0.800. The van der Waals surface area contributed by atoms with Gasteiger partial charge in [-0.3, -0.25) is 9.59 Å². The fourth-order valence-corrected chi connectivity index (χ4v) is 1.87. The van der Waals surface area contributed by atoms with Crippen LogP contribution < -0.4 is 10.6 Å². The smallest absolute Gasteiger partial charge is 0.242 e. The van der Waals surface area contributed by atoms with Gasteiger partial charge in [-0.1, -0.05) is 0 Å².